The number of aromatic nitrogens is 2. The third-order valence-electron chi connectivity index (χ3n) is 3.05. The van der Waals surface area contributed by atoms with E-state index in [1.165, 1.54) is 0 Å². The first-order valence-corrected chi connectivity index (χ1v) is 8.76. The molecule has 0 bridgehead atoms. The van der Waals surface area contributed by atoms with Gasteiger partial charge in [-0.3, -0.25) is 4.68 Å². The Balaban J connectivity index is 2.33. The molecule has 0 radical (unpaired) electrons. The fourth-order valence-corrected chi connectivity index (χ4v) is 3.85. The lowest BCUT2D eigenvalue weighted by Crippen LogP contribution is -2.21. The van der Waals surface area contributed by atoms with Crippen LogP contribution in [-0.4, -0.2) is 40.4 Å². The summed E-state index contributed by atoms with van der Waals surface area (Å²) in [5.41, 5.74) is 1.57. The average Bonchev–Trinajstić information content (AvgIpc) is 2.75. The van der Waals surface area contributed by atoms with Crippen molar-refractivity contribution >= 4 is 47.8 Å². The second-order valence-electron chi connectivity index (χ2n) is 5.01. The summed E-state index contributed by atoms with van der Waals surface area (Å²) in [6.45, 7) is 1.58. The molecule has 2 aromatic rings. The number of benzene rings is 1. The highest BCUT2D eigenvalue weighted by molar-refractivity contribution is 9.11. The summed E-state index contributed by atoms with van der Waals surface area (Å²) < 4.78 is 4.48. The minimum absolute atomic E-state index is 0.722. The van der Waals surface area contributed by atoms with Gasteiger partial charge in [0.05, 0.1) is 22.9 Å². The fraction of sp³-hybridized carbons (Fsp3) is 0.357. The van der Waals surface area contributed by atoms with Crippen molar-refractivity contribution in [3.8, 4) is 0 Å². The van der Waals surface area contributed by atoms with E-state index in [1.807, 2.05) is 37.0 Å². The van der Waals surface area contributed by atoms with Gasteiger partial charge >= 0.3 is 0 Å². The van der Waals surface area contributed by atoms with Gasteiger partial charge in [-0.25, -0.2) is 0 Å². The monoisotopic (exact) mass is 479 g/mol. The summed E-state index contributed by atoms with van der Waals surface area (Å²) in [5.74, 6) is 0. The first-order valence-electron chi connectivity index (χ1n) is 6.38. The highest BCUT2D eigenvalue weighted by atomic mass is 79.9. The van der Waals surface area contributed by atoms with E-state index in [0.29, 0.717) is 0 Å². The van der Waals surface area contributed by atoms with Crippen molar-refractivity contribution in [3.05, 3.63) is 49.1 Å². The van der Waals surface area contributed by atoms with Gasteiger partial charge in [0.1, 0.15) is 6.10 Å². The molecule has 1 atom stereocenters. The largest absolute Gasteiger partial charge is 0.382 e. The Morgan fingerprint density at radius 1 is 1.19 bits per heavy atom. The molecule has 0 spiro atoms. The molecular formula is C14H16Br3N3O. The third kappa shape index (κ3) is 4.39. The van der Waals surface area contributed by atoms with E-state index < -0.39 is 6.10 Å². The Labute approximate surface area is 149 Å². The van der Waals surface area contributed by atoms with Crippen molar-refractivity contribution in [2.24, 2.45) is 0 Å². The van der Waals surface area contributed by atoms with Gasteiger partial charge in [-0.15, -0.1) is 0 Å². The number of nitrogens with zero attached hydrogens (tertiary/aromatic N) is 3. The van der Waals surface area contributed by atoms with Crippen LogP contribution in [0.5, 0.6) is 0 Å². The van der Waals surface area contributed by atoms with E-state index in [2.05, 4.69) is 57.8 Å². The maximum Gasteiger partial charge on any atom is 0.122 e. The molecular weight excluding hydrogens is 466 g/mol. The maximum absolute atomic E-state index is 10.7. The molecule has 0 amide bonds. The lowest BCUT2D eigenvalue weighted by molar-refractivity contribution is 0.204. The van der Waals surface area contributed by atoms with Crippen LogP contribution in [0.15, 0.2) is 37.8 Å². The molecule has 7 heteroatoms. The van der Waals surface area contributed by atoms with Crippen LogP contribution in [0.2, 0.25) is 0 Å². The van der Waals surface area contributed by atoms with Crippen molar-refractivity contribution in [2.75, 3.05) is 20.6 Å². The second kappa shape index (κ2) is 7.37. The molecule has 1 N–H and O–H groups in total. The van der Waals surface area contributed by atoms with E-state index in [9.17, 15) is 5.11 Å². The van der Waals surface area contributed by atoms with Gasteiger partial charge in [0.2, 0.25) is 0 Å². The van der Waals surface area contributed by atoms with E-state index in [1.54, 1.807) is 6.20 Å². The minimum atomic E-state index is -0.738. The zero-order chi connectivity index (χ0) is 15.6. The molecule has 0 aliphatic carbocycles. The van der Waals surface area contributed by atoms with Gasteiger partial charge in [0, 0.05) is 15.5 Å². The molecule has 1 heterocycles. The van der Waals surface area contributed by atoms with Crippen molar-refractivity contribution in [1.82, 2.24) is 14.7 Å². The SMILES string of the molecule is CN(C)CCn1ncc(Br)c1C(O)c1cc(Br)cc(Br)c1. The first kappa shape index (κ1) is 17.1. The predicted molar refractivity (Wildman–Crippen MR) is 94.4 cm³/mol. The fourth-order valence-electron chi connectivity index (χ4n) is 2.01. The third-order valence-corrected chi connectivity index (χ3v) is 4.58. The van der Waals surface area contributed by atoms with Crippen LogP contribution in [0.25, 0.3) is 0 Å². The Kier molecular flexibility index (Phi) is 6.02. The minimum Gasteiger partial charge on any atom is -0.382 e. The van der Waals surface area contributed by atoms with Crippen molar-refractivity contribution < 1.29 is 5.11 Å². The number of aliphatic hydroxyl groups is 1. The number of rotatable bonds is 5. The lowest BCUT2D eigenvalue weighted by Gasteiger charge is -2.17. The highest BCUT2D eigenvalue weighted by Crippen LogP contribution is 2.31. The number of halogens is 3. The van der Waals surface area contributed by atoms with E-state index in [-0.39, 0.29) is 0 Å². The van der Waals surface area contributed by atoms with E-state index >= 15 is 0 Å². The zero-order valence-corrected chi connectivity index (χ0v) is 16.5. The zero-order valence-electron chi connectivity index (χ0n) is 11.7. The summed E-state index contributed by atoms with van der Waals surface area (Å²) in [6.07, 6.45) is 0.985. The summed E-state index contributed by atoms with van der Waals surface area (Å²) in [4.78, 5) is 2.08. The molecule has 0 aliphatic rings. The molecule has 1 aromatic carbocycles. The summed E-state index contributed by atoms with van der Waals surface area (Å²) >= 11 is 10.4. The maximum atomic E-state index is 10.7. The molecule has 114 valence electrons. The number of hydrogen-bond acceptors (Lipinski definition) is 3. The molecule has 2 rings (SSSR count). The van der Waals surface area contributed by atoms with Crippen LogP contribution < -0.4 is 0 Å². The normalized spacial score (nSPS) is 12.9. The van der Waals surface area contributed by atoms with Gasteiger partial charge in [-0.05, 0) is 53.8 Å². The average molecular weight is 482 g/mol. The van der Waals surface area contributed by atoms with Crippen LogP contribution >= 0.6 is 47.8 Å². The van der Waals surface area contributed by atoms with Crippen molar-refractivity contribution in [3.63, 3.8) is 0 Å². The first-order chi connectivity index (χ1) is 9.88. The van der Waals surface area contributed by atoms with Crippen LogP contribution in [0.4, 0.5) is 0 Å². The Bertz CT molecular complexity index is 608. The number of aliphatic hydroxyl groups excluding tert-OH is 1. The molecule has 1 aromatic heterocycles. The molecule has 0 fully saturated rings. The van der Waals surface area contributed by atoms with Gasteiger partial charge < -0.3 is 10.0 Å². The van der Waals surface area contributed by atoms with Gasteiger partial charge in [-0.2, -0.15) is 5.10 Å². The topological polar surface area (TPSA) is 41.3 Å². The predicted octanol–water partition coefficient (Wildman–Crippen LogP) is 3.81. The Morgan fingerprint density at radius 3 is 2.38 bits per heavy atom. The Morgan fingerprint density at radius 2 is 1.81 bits per heavy atom. The molecule has 0 aliphatic heterocycles. The van der Waals surface area contributed by atoms with Crippen LogP contribution in [0, 0.1) is 0 Å². The number of likely N-dealkylation sites (N-methyl/N-ethyl adjacent to an activating group) is 1. The van der Waals surface area contributed by atoms with Crippen LogP contribution in [0.3, 0.4) is 0 Å². The molecule has 21 heavy (non-hydrogen) atoms. The summed E-state index contributed by atoms with van der Waals surface area (Å²) in [6, 6.07) is 5.75. The van der Waals surface area contributed by atoms with E-state index in [0.717, 1.165) is 37.8 Å². The Hall–Kier alpha value is -0.210. The molecule has 0 saturated heterocycles. The quantitative estimate of drug-likeness (QED) is 0.706. The summed E-state index contributed by atoms with van der Waals surface area (Å²) in [7, 11) is 4.03. The smallest absolute Gasteiger partial charge is 0.122 e. The standard InChI is InChI=1S/C14H16Br3N3O/c1-19(2)3-4-20-13(12(17)8-18-20)14(21)9-5-10(15)7-11(16)6-9/h5-8,14,21H,3-4H2,1-2H3. The van der Waals surface area contributed by atoms with Crippen LogP contribution in [0.1, 0.15) is 17.4 Å². The van der Waals surface area contributed by atoms with Crippen LogP contribution in [-0.2, 0) is 6.54 Å². The molecule has 0 saturated carbocycles. The van der Waals surface area contributed by atoms with Gasteiger partial charge in [-0.1, -0.05) is 31.9 Å². The highest BCUT2D eigenvalue weighted by Gasteiger charge is 2.20. The lowest BCUT2D eigenvalue weighted by atomic mass is 10.1. The number of hydrogen-bond donors (Lipinski definition) is 1. The second-order valence-corrected chi connectivity index (χ2v) is 7.70. The molecule has 4 nitrogen and oxygen atoms in total. The van der Waals surface area contributed by atoms with Crippen molar-refractivity contribution in [1.29, 1.82) is 0 Å². The molecule has 1 unspecified atom stereocenters. The van der Waals surface area contributed by atoms with E-state index in [4.69, 9.17) is 0 Å². The van der Waals surface area contributed by atoms with Gasteiger partial charge in [0.25, 0.3) is 0 Å². The summed E-state index contributed by atoms with van der Waals surface area (Å²) in [5, 5.41) is 15.0. The van der Waals surface area contributed by atoms with Crippen molar-refractivity contribution in [2.45, 2.75) is 12.6 Å². The van der Waals surface area contributed by atoms with Gasteiger partial charge in [0.15, 0.2) is 0 Å².